The van der Waals surface area contributed by atoms with E-state index in [1.807, 2.05) is 48.5 Å². The summed E-state index contributed by atoms with van der Waals surface area (Å²) < 4.78 is 0. The lowest BCUT2D eigenvalue weighted by molar-refractivity contribution is -0.119. The second kappa shape index (κ2) is 7.72. The molecule has 0 aliphatic rings. The van der Waals surface area contributed by atoms with Gasteiger partial charge in [-0.25, -0.2) is 0 Å². The number of halogens is 1. The van der Waals surface area contributed by atoms with Crippen molar-refractivity contribution in [1.82, 2.24) is 15.5 Å². The molecule has 6 nitrogen and oxygen atoms in total. The Kier molecular flexibility index (Phi) is 5.20. The molecule has 3 rings (SSSR count). The Hall–Kier alpha value is -2.99. The number of anilines is 4. The third-order valence-electron chi connectivity index (χ3n) is 3.48. The highest BCUT2D eigenvalue weighted by molar-refractivity contribution is 6.30. The zero-order chi connectivity index (χ0) is 17.6. The van der Waals surface area contributed by atoms with Crippen molar-refractivity contribution < 1.29 is 4.79 Å². The Balaban J connectivity index is 1.73. The Morgan fingerprint density at radius 2 is 1.88 bits per heavy atom. The van der Waals surface area contributed by atoms with Crippen LogP contribution in [-0.4, -0.2) is 16.1 Å². The largest absolute Gasteiger partial charge is 0.352 e. The topological polar surface area (TPSA) is 81.8 Å². The van der Waals surface area contributed by atoms with E-state index in [1.165, 1.54) is 6.92 Å². The highest BCUT2D eigenvalue weighted by Gasteiger charge is 2.07. The smallest absolute Gasteiger partial charge is 0.217 e. The van der Waals surface area contributed by atoms with Crippen LogP contribution in [0, 0.1) is 0 Å². The highest BCUT2D eigenvalue weighted by Crippen LogP contribution is 2.27. The van der Waals surface area contributed by atoms with E-state index in [1.54, 1.807) is 6.20 Å². The predicted octanol–water partition coefficient (Wildman–Crippen LogP) is 4.19. The number of carbonyl (C=O) groups excluding carboxylic acids is 1. The molecule has 3 aromatic rings. The lowest BCUT2D eigenvalue weighted by Crippen LogP contribution is -2.18. The van der Waals surface area contributed by atoms with Gasteiger partial charge in [0.1, 0.15) is 11.5 Å². The number of rotatable bonds is 6. The van der Waals surface area contributed by atoms with E-state index >= 15 is 0 Å². The van der Waals surface area contributed by atoms with Gasteiger partial charge in [0.25, 0.3) is 0 Å². The fourth-order valence-corrected chi connectivity index (χ4v) is 2.52. The molecular weight excluding hydrogens is 338 g/mol. The summed E-state index contributed by atoms with van der Waals surface area (Å²) in [6, 6.07) is 15.3. The quantitative estimate of drug-likeness (QED) is 0.534. The van der Waals surface area contributed by atoms with Gasteiger partial charge in [0.05, 0.1) is 6.20 Å². The minimum atomic E-state index is -0.0556. The van der Waals surface area contributed by atoms with Gasteiger partial charge < -0.3 is 16.0 Å². The molecule has 1 heterocycles. The summed E-state index contributed by atoms with van der Waals surface area (Å²) in [5.41, 5.74) is 3.57. The monoisotopic (exact) mass is 355 g/mol. The van der Waals surface area contributed by atoms with E-state index in [0.717, 1.165) is 28.4 Å². The molecule has 0 saturated heterocycles. The lowest BCUT2D eigenvalue weighted by atomic mass is 10.2. The molecule has 0 spiro atoms. The van der Waals surface area contributed by atoms with Gasteiger partial charge in [-0.2, -0.15) is 5.10 Å². The lowest BCUT2D eigenvalue weighted by Gasteiger charge is -2.10. The van der Waals surface area contributed by atoms with Crippen LogP contribution in [0.15, 0.2) is 54.7 Å². The van der Waals surface area contributed by atoms with Gasteiger partial charge in [-0.15, -0.1) is 0 Å². The zero-order valence-corrected chi connectivity index (χ0v) is 14.4. The average molecular weight is 356 g/mol. The van der Waals surface area contributed by atoms with E-state index in [2.05, 4.69) is 26.1 Å². The molecule has 0 unspecified atom stereocenters. The Labute approximate surface area is 150 Å². The van der Waals surface area contributed by atoms with Gasteiger partial charge in [-0.3, -0.25) is 9.89 Å². The second-order valence-electron chi connectivity index (χ2n) is 5.53. The van der Waals surface area contributed by atoms with Crippen LogP contribution < -0.4 is 16.0 Å². The molecular formula is C18H18ClN5O. The number of hydrogen-bond acceptors (Lipinski definition) is 4. The van der Waals surface area contributed by atoms with Crippen LogP contribution in [0.5, 0.6) is 0 Å². The molecule has 1 aromatic heterocycles. The molecule has 1 amide bonds. The summed E-state index contributed by atoms with van der Waals surface area (Å²) in [6.07, 6.45) is 1.70. The first-order valence-corrected chi connectivity index (χ1v) is 8.14. The van der Waals surface area contributed by atoms with Crippen molar-refractivity contribution in [3.8, 4) is 0 Å². The minimum absolute atomic E-state index is 0.0556. The first-order chi connectivity index (χ1) is 12.1. The standard InChI is InChI=1S/C18H18ClN5O/c1-12(25)20-10-13-4-2-6-15(8-13)23-18-17(11-21-24-18)22-16-7-3-5-14(19)9-16/h2-9,11,22H,10H2,1H3,(H,20,25)(H2,21,23,24). The number of nitrogens with one attached hydrogen (secondary N) is 4. The fourth-order valence-electron chi connectivity index (χ4n) is 2.33. The van der Waals surface area contributed by atoms with E-state index in [9.17, 15) is 4.79 Å². The summed E-state index contributed by atoms with van der Waals surface area (Å²) in [4.78, 5) is 11.0. The summed E-state index contributed by atoms with van der Waals surface area (Å²) in [7, 11) is 0. The number of H-pyrrole nitrogens is 1. The first kappa shape index (κ1) is 16.9. The zero-order valence-electron chi connectivity index (χ0n) is 13.6. The molecule has 0 atom stereocenters. The fraction of sp³-hybridized carbons (Fsp3) is 0.111. The molecule has 0 saturated carbocycles. The summed E-state index contributed by atoms with van der Waals surface area (Å²) in [6.45, 7) is 1.99. The van der Waals surface area contributed by atoms with Crippen LogP contribution in [0.4, 0.5) is 22.9 Å². The van der Waals surface area contributed by atoms with Crippen molar-refractivity contribution >= 4 is 40.4 Å². The number of carbonyl (C=O) groups is 1. The molecule has 0 aliphatic heterocycles. The number of benzene rings is 2. The molecule has 0 aliphatic carbocycles. The van der Waals surface area contributed by atoms with Crippen LogP contribution in [0.25, 0.3) is 0 Å². The third kappa shape index (κ3) is 4.74. The van der Waals surface area contributed by atoms with Crippen LogP contribution in [-0.2, 0) is 11.3 Å². The molecule has 4 N–H and O–H groups in total. The van der Waals surface area contributed by atoms with Gasteiger partial charge in [-0.1, -0.05) is 29.8 Å². The van der Waals surface area contributed by atoms with Crippen molar-refractivity contribution in [2.24, 2.45) is 0 Å². The average Bonchev–Trinajstić information content (AvgIpc) is 3.00. The number of nitrogens with zero attached hydrogens (tertiary/aromatic N) is 1. The molecule has 25 heavy (non-hydrogen) atoms. The van der Waals surface area contributed by atoms with Gasteiger partial charge in [0, 0.05) is 29.9 Å². The second-order valence-corrected chi connectivity index (χ2v) is 5.97. The minimum Gasteiger partial charge on any atom is -0.352 e. The van der Waals surface area contributed by atoms with Gasteiger partial charge >= 0.3 is 0 Å². The van der Waals surface area contributed by atoms with Crippen LogP contribution in [0.3, 0.4) is 0 Å². The van der Waals surface area contributed by atoms with E-state index in [4.69, 9.17) is 11.6 Å². The van der Waals surface area contributed by atoms with Gasteiger partial charge in [-0.05, 0) is 35.9 Å². The van der Waals surface area contributed by atoms with E-state index < -0.39 is 0 Å². The normalized spacial score (nSPS) is 10.3. The van der Waals surface area contributed by atoms with Gasteiger partial charge in [0.15, 0.2) is 0 Å². The maximum absolute atomic E-state index is 11.0. The van der Waals surface area contributed by atoms with E-state index in [0.29, 0.717) is 11.6 Å². The summed E-state index contributed by atoms with van der Waals surface area (Å²) in [5, 5.41) is 17.0. The molecule has 128 valence electrons. The number of aromatic nitrogens is 2. The van der Waals surface area contributed by atoms with Crippen LogP contribution in [0.2, 0.25) is 5.02 Å². The highest BCUT2D eigenvalue weighted by atomic mass is 35.5. The van der Waals surface area contributed by atoms with Crippen LogP contribution in [0.1, 0.15) is 12.5 Å². The molecule has 0 fully saturated rings. The molecule has 0 bridgehead atoms. The van der Waals surface area contributed by atoms with E-state index in [-0.39, 0.29) is 5.91 Å². The maximum atomic E-state index is 11.0. The summed E-state index contributed by atoms with van der Waals surface area (Å²) >= 11 is 6.01. The predicted molar refractivity (Wildman–Crippen MR) is 101 cm³/mol. The van der Waals surface area contributed by atoms with Crippen molar-refractivity contribution in [1.29, 1.82) is 0 Å². The maximum Gasteiger partial charge on any atom is 0.217 e. The van der Waals surface area contributed by atoms with Crippen molar-refractivity contribution in [2.45, 2.75) is 13.5 Å². The van der Waals surface area contributed by atoms with Crippen molar-refractivity contribution in [3.05, 3.63) is 65.3 Å². The van der Waals surface area contributed by atoms with Gasteiger partial charge in [0.2, 0.25) is 5.91 Å². The number of hydrogen-bond donors (Lipinski definition) is 4. The molecule has 7 heteroatoms. The Morgan fingerprint density at radius 3 is 2.64 bits per heavy atom. The SMILES string of the molecule is CC(=O)NCc1cccc(Nc2[nH]ncc2Nc2cccc(Cl)c2)c1. The Bertz CT molecular complexity index is 877. The third-order valence-corrected chi connectivity index (χ3v) is 3.72. The number of amides is 1. The van der Waals surface area contributed by atoms with Crippen molar-refractivity contribution in [2.75, 3.05) is 10.6 Å². The number of aromatic amines is 1. The summed E-state index contributed by atoms with van der Waals surface area (Å²) in [5.74, 6) is 0.677. The van der Waals surface area contributed by atoms with Crippen LogP contribution >= 0.6 is 11.6 Å². The molecule has 2 aromatic carbocycles. The van der Waals surface area contributed by atoms with Crippen molar-refractivity contribution in [3.63, 3.8) is 0 Å². The Morgan fingerprint density at radius 1 is 1.12 bits per heavy atom. The first-order valence-electron chi connectivity index (χ1n) is 7.76. The molecule has 0 radical (unpaired) electrons.